The largest absolute Gasteiger partial charge is 0.379 e. The van der Waals surface area contributed by atoms with Gasteiger partial charge in [-0.25, -0.2) is 0 Å². The van der Waals surface area contributed by atoms with Gasteiger partial charge in [-0.2, -0.15) is 0 Å². The van der Waals surface area contributed by atoms with Crippen LogP contribution in [0.3, 0.4) is 0 Å². The van der Waals surface area contributed by atoms with Gasteiger partial charge in [0.15, 0.2) is 0 Å². The molecule has 0 spiro atoms. The minimum Gasteiger partial charge on any atom is -0.379 e. The van der Waals surface area contributed by atoms with Crippen molar-refractivity contribution < 1.29 is 4.74 Å². The molecule has 0 aliphatic rings. The third-order valence-corrected chi connectivity index (χ3v) is 1.35. The van der Waals surface area contributed by atoms with Crippen LogP contribution in [0.5, 0.6) is 0 Å². The van der Waals surface area contributed by atoms with Gasteiger partial charge in [0.05, 0.1) is 6.10 Å². The Balaban J connectivity index is 3.26. The second kappa shape index (κ2) is 5.65. The van der Waals surface area contributed by atoms with Crippen molar-refractivity contribution in [3.63, 3.8) is 0 Å². The van der Waals surface area contributed by atoms with Gasteiger partial charge in [-0.1, -0.05) is 13.8 Å². The van der Waals surface area contributed by atoms with Crippen LogP contribution in [0.25, 0.3) is 0 Å². The van der Waals surface area contributed by atoms with Gasteiger partial charge < -0.3 is 15.8 Å². The van der Waals surface area contributed by atoms with E-state index >= 15 is 0 Å². The van der Waals surface area contributed by atoms with Crippen LogP contribution in [0.2, 0.25) is 0 Å². The molecule has 62 valence electrons. The van der Waals surface area contributed by atoms with Crippen LogP contribution >= 0.6 is 0 Å². The van der Waals surface area contributed by atoms with Crippen molar-refractivity contribution in [1.82, 2.24) is 5.32 Å². The molecule has 10 heavy (non-hydrogen) atoms. The Kier molecular flexibility index (Phi) is 5.58. The number of nitrogens with one attached hydrogen (secondary N) is 1. The van der Waals surface area contributed by atoms with Crippen LogP contribution in [0.4, 0.5) is 0 Å². The third kappa shape index (κ3) is 4.73. The zero-order valence-electron chi connectivity index (χ0n) is 7.05. The summed E-state index contributed by atoms with van der Waals surface area (Å²) in [5.41, 5.74) is 5.40. The van der Waals surface area contributed by atoms with E-state index in [9.17, 15) is 0 Å². The van der Waals surface area contributed by atoms with E-state index in [1.807, 2.05) is 0 Å². The van der Waals surface area contributed by atoms with Gasteiger partial charge in [-0.3, -0.25) is 0 Å². The van der Waals surface area contributed by atoms with Crippen LogP contribution in [0, 0.1) is 0 Å². The number of methoxy groups -OCH3 is 1. The third-order valence-electron chi connectivity index (χ3n) is 1.35. The summed E-state index contributed by atoms with van der Waals surface area (Å²) in [6.45, 7) is 5.62. The van der Waals surface area contributed by atoms with Crippen molar-refractivity contribution in [2.75, 3.05) is 20.2 Å². The second-order valence-corrected chi connectivity index (χ2v) is 2.66. The zero-order valence-corrected chi connectivity index (χ0v) is 7.05. The Labute approximate surface area is 62.9 Å². The molecule has 3 nitrogen and oxygen atoms in total. The first kappa shape index (κ1) is 9.88. The van der Waals surface area contributed by atoms with Crippen molar-refractivity contribution >= 4 is 0 Å². The lowest BCUT2D eigenvalue weighted by molar-refractivity contribution is 0.107. The average Bonchev–Trinajstić information content (AvgIpc) is 1.90. The van der Waals surface area contributed by atoms with E-state index in [0.717, 1.165) is 6.54 Å². The van der Waals surface area contributed by atoms with Gasteiger partial charge in [0, 0.05) is 26.2 Å². The Morgan fingerprint density at radius 2 is 2.10 bits per heavy atom. The molecule has 1 unspecified atom stereocenters. The monoisotopic (exact) mass is 146 g/mol. The van der Waals surface area contributed by atoms with Crippen LogP contribution < -0.4 is 11.1 Å². The Hall–Kier alpha value is -0.120. The summed E-state index contributed by atoms with van der Waals surface area (Å²) in [6, 6.07) is 0.504. The molecule has 0 aliphatic heterocycles. The van der Waals surface area contributed by atoms with Crippen LogP contribution in [-0.4, -0.2) is 32.3 Å². The van der Waals surface area contributed by atoms with E-state index in [0.29, 0.717) is 12.6 Å². The molecule has 0 aromatic carbocycles. The van der Waals surface area contributed by atoms with Crippen molar-refractivity contribution in [1.29, 1.82) is 0 Å². The van der Waals surface area contributed by atoms with Gasteiger partial charge in [-0.05, 0) is 0 Å². The standard InChI is InChI=1S/C7H18N2O/c1-6(2)9-5-7(4-8)10-3/h6-7,9H,4-5,8H2,1-3H3. The summed E-state index contributed by atoms with van der Waals surface area (Å²) < 4.78 is 5.06. The number of ether oxygens (including phenoxy) is 1. The molecule has 0 saturated heterocycles. The smallest absolute Gasteiger partial charge is 0.0817 e. The van der Waals surface area contributed by atoms with Crippen molar-refractivity contribution in [2.45, 2.75) is 26.0 Å². The molecule has 0 aromatic heterocycles. The Morgan fingerprint density at radius 1 is 1.50 bits per heavy atom. The molecule has 1 atom stereocenters. The molecular weight excluding hydrogens is 128 g/mol. The van der Waals surface area contributed by atoms with E-state index in [-0.39, 0.29) is 6.10 Å². The maximum atomic E-state index is 5.40. The summed E-state index contributed by atoms with van der Waals surface area (Å²) in [4.78, 5) is 0. The van der Waals surface area contributed by atoms with Crippen LogP contribution in [0.15, 0.2) is 0 Å². The summed E-state index contributed by atoms with van der Waals surface area (Å²) in [7, 11) is 1.68. The van der Waals surface area contributed by atoms with E-state index in [1.54, 1.807) is 7.11 Å². The minimum absolute atomic E-state index is 0.155. The molecule has 0 radical (unpaired) electrons. The predicted molar refractivity (Wildman–Crippen MR) is 43.0 cm³/mol. The molecule has 0 rings (SSSR count). The quantitative estimate of drug-likeness (QED) is 0.572. The molecule has 0 fully saturated rings. The highest BCUT2D eigenvalue weighted by molar-refractivity contribution is 4.63. The molecule has 0 aliphatic carbocycles. The first-order valence-corrected chi connectivity index (χ1v) is 3.67. The lowest BCUT2D eigenvalue weighted by Crippen LogP contribution is -2.37. The number of hydrogen-bond donors (Lipinski definition) is 2. The highest BCUT2D eigenvalue weighted by Crippen LogP contribution is 1.85. The molecular formula is C7H18N2O. The van der Waals surface area contributed by atoms with Gasteiger partial charge in [0.1, 0.15) is 0 Å². The predicted octanol–water partition coefficient (Wildman–Crippen LogP) is -0.0419. The van der Waals surface area contributed by atoms with E-state index in [1.165, 1.54) is 0 Å². The first-order chi connectivity index (χ1) is 4.70. The van der Waals surface area contributed by atoms with Crippen LogP contribution in [0.1, 0.15) is 13.8 Å². The molecule has 0 saturated carbocycles. The number of nitrogens with two attached hydrogens (primary N) is 1. The fourth-order valence-corrected chi connectivity index (χ4v) is 0.630. The summed E-state index contributed by atoms with van der Waals surface area (Å²) in [5, 5.41) is 3.24. The Bertz CT molecular complexity index is 72.0. The average molecular weight is 146 g/mol. The molecule has 0 heterocycles. The van der Waals surface area contributed by atoms with Gasteiger partial charge in [0.25, 0.3) is 0 Å². The summed E-state index contributed by atoms with van der Waals surface area (Å²) >= 11 is 0. The fourth-order valence-electron chi connectivity index (χ4n) is 0.630. The fraction of sp³-hybridized carbons (Fsp3) is 1.00. The highest BCUT2D eigenvalue weighted by Gasteiger charge is 2.03. The SMILES string of the molecule is COC(CN)CNC(C)C. The maximum absolute atomic E-state index is 5.40. The number of rotatable bonds is 5. The molecule has 0 amide bonds. The van der Waals surface area contributed by atoms with E-state index < -0.39 is 0 Å². The lowest BCUT2D eigenvalue weighted by Gasteiger charge is -2.15. The normalized spacial score (nSPS) is 14.1. The zero-order chi connectivity index (χ0) is 7.98. The second-order valence-electron chi connectivity index (χ2n) is 2.66. The highest BCUT2D eigenvalue weighted by atomic mass is 16.5. The minimum atomic E-state index is 0.155. The molecule has 3 heteroatoms. The van der Waals surface area contributed by atoms with Gasteiger partial charge in [-0.15, -0.1) is 0 Å². The maximum Gasteiger partial charge on any atom is 0.0817 e. The van der Waals surface area contributed by atoms with E-state index in [2.05, 4.69) is 19.2 Å². The van der Waals surface area contributed by atoms with Crippen molar-refractivity contribution in [2.24, 2.45) is 5.73 Å². The molecule has 0 aromatic rings. The summed E-state index contributed by atoms with van der Waals surface area (Å²) in [6.07, 6.45) is 0.155. The first-order valence-electron chi connectivity index (χ1n) is 3.67. The Morgan fingerprint density at radius 3 is 2.40 bits per heavy atom. The topological polar surface area (TPSA) is 47.3 Å². The number of hydrogen-bond acceptors (Lipinski definition) is 3. The van der Waals surface area contributed by atoms with Gasteiger partial charge in [0.2, 0.25) is 0 Å². The molecule has 3 N–H and O–H groups in total. The van der Waals surface area contributed by atoms with Crippen molar-refractivity contribution in [3.8, 4) is 0 Å². The van der Waals surface area contributed by atoms with Crippen LogP contribution in [-0.2, 0) is 4.74 Å². The lowest BCUT2D eigenvalue weighted by atomic mass is 10.3. The summed E-state index contributed by atoms with van der Waals surface area (Å²) in [5.74, 6) is 0. The molecule has 0 bridgehead atoms. The van der Waals surface area contributed by atoms with Crippen molar-refractivity contribution in [3.05, 3.63) is 0 Å². The van der Waals surface area contributed by atoms with Gasteiger partial charge >= 0.3 is 0 Å². The van der Waals surface area contributed by atoms with E-state index in [4.69, 9.17) is 10.5 Å².